The Kier molecular flexibility index (Phi) is 7.76. The van der Waals surface area contributed by atoms with Crippen LogP contribution in [0.2, 0.25) is 0 Å². The molecule has 14 rings (SSSR count). The monoisotopic (exact) mass is 889 g/mol. The van der Waals surface area contributed by atoms with Crippen LogP contribution in [0, 0.1) is 0 Å². The Morgan fingerprint density at radius 3 is 1.37 bits per heavy atom. The van der Waals surface area contributed by atoms with Gasteiger partial charge in [0.1, 0.15) is 0 Å². The van der Waals surface area contributed by atoms with Crippen LogP contribution in [-0.2, 0) is 21.7 Å². The third-order valence-corrected chi connectivity index (χ3v) is 21.9. The Morgan fingerprint density at radius 1 is 0.338 bits per heavy atom. The van der Waals surface area contributed by atoms with Crippen molar-refractivity contribution in [2.75, 3.05) is 4.90 Å². The number of para-hydroxylation sites is 2. The fourth-order valence-electron chi connectivity index (χ4n) is 13.8. The van der Waals surface area contributed by atoms with Crippen molar-refractivity contribution >= 4 is 45.9 Å². The number of hydrogen-bond acceptors (Lipinski definition) is 1. The van der Waals surface area contributed by atoms with Crippen molar-refractivity contribution in [2.24, 2.45) is 0 Å². The third kappa shape index (κ3) is 4.82. The number of hydrogen-bond donors (Lipinski definition) is 0. The maximum Gasteiger partial charge on any atom is 0.182 e. The smallest absolute Gasteiger partial charge is 0.182 e. The van der Waals surface area contributed by atoms with Gasteiger partial charge in [0.05, 0.1) is 16.8 Å². The van der Waals surface area contributed by atoms with E-state index in [0.717, 1.165) is 0 Å². The number of anilines is 3. The number of fused-ring (bicyclic) bond motifs is 22. The predicted octanol–water partition coefficient (Wildman–Crippen LogP) is 14.1. The molecule has 0 saturated carbocycles. The lowest BCUT2D eigenvalue weighted by Crippen LogP contribution is -2.71. The summed E-state index contributed by atoms with van der Waals surface area (Å²) in [5.41, 5.74) is 25.1. The van der Waals surface area contributed by atoms with E-state index >= 15 is 0 Å². The van der Waals surface area contributed by atoms with E-state index in [1.807, 2.05) is 0 Å². The first-order valence-corrected chi connectivity index (χ1v) is 26.7. The predicted molar refractivity (Wildman–Crippen MR) is 289 cm³/mol. The van der Waals surface area contributed by atoms with Crippen LogP contribution in [0.4, 0.5) is 17.1 Å². The van der Waals surface area contributed by atoms with Gasteiger partial charge in [0, 0.05) is 11.1 Å². The second-order valence-corrected chi connectivity index (χ2v) is 26.5. The van der Waals surface area contributed by atoms with Gasteiger partial charge < -0.3 is 4.90 Å². The molecule has 68 heavy (non-hydrogen) atoms. The summed E-state index contributed by atoms with van der Waals surface area (Å²) >= 11 is 0. The average Bonchev–Trinajstić information content (AvgIpc) is 3.99. The fraction of sp³-hybridized carbons (Fsp3) is 0.182. The summed E-state index contributed by atoms with van der Waals surface area (Å²) in [5, 5.41) is 6.07. The molecule has 0 aromatic heterocycles. The Morgan fingerprint density at radius 2 is 0.779 bits per heavy atom. The quantitative estimate of drug-likeness (QED) is 0.148. The lowest BCUT2D eigenvalue weighted by molar-refractivity contribution is 0.590. The Bertz CT molecular complexity index is 3590. The highest BCUT2D eigenvalue weighted by molar-refractivity contribution is 7.24. The zero-order valence-corrected chi connectivity index (χ0v) is 41.3. The van der Waals surface area contributed by atoms with E-state index in [2.05, 4.69) is 248 Å². The molecule has 5 aliphatic rings. The van der Waals surface area contributed by atoms with Crippen molar-refractivity contribution in [1.29, 1.82) is 0 Å². The number of rotatable bonds is 1. The van der Waals surface area contributed by atoms with Crippen LogP contribution in [0.25, 0.3) is 44.5 Å². The van der Waals surface area contributed by atoms with Gasteiger partial charge in [-0.3, -0.25) is 0 Å². The highest BCUT2D eigenvalue weighted by Gasteiger charge is 2.56. The molecular weight excluding hydrogens is 835 g/mol. The van der Waals surface area contributed by atoms with Crippen LogP contribution in [0.3, 0.4) is 0 Å². The molecule has 2 aliphatic carbocycles. The first kappa shape index (κ1) is 40.1. The normalized spacial score (nSPS) is 16.3. The first-order valence-electron chi connectivity index (χ1n) is 24.7. The maximum absolute atomic E-state index is 2.85. The average molecular weight is 890 g/mol. The van der Waals surface area contributed by atoms with E-state index in [4.69, 9.17) is 0 Å². The summed E-state index contributed by atoms with van der Waals surface area (Å²) in [7, 11) is -2.85. The van der Waals surface area contributed by atoms with Gasteiger partial charge in [0.15, 0.2) is 8.07 Å². The largest absolute Gasteiger partial charge is 0.310 e. The van der Waals surface area contributed by atoms with Gasteiger partial charge in [-0.25, -0.2) is 0 Å². The molecule has 0 unspecified atom stereocenters. The molecule has 3 heterocycles. The minimum absolute atomic E-state index is 0.00717. The lowest BCUT2D eigenvalue weighted by atomic mass is 9.64. The van der Waals surface area contributed by atoms with Crippen molar-refractivity contribution < 1.29 is 0 Å². The zero-order chi connectivity index (χ0) is 46.3. The Labute approximate surface area is 402 Å². The minimum atomic E-state index is -2.85. The summed E-state index contributed by atoms with van der Waals surface area (Å²) in [6, 6.07) is 74.1. The molecule has 2 spiro atoms. The molecule has 9 aromatic rings. The van der Waals surface area contributed by atoms with Crippen LogP contribution in [0.1, 0.15) is 99.9 Å². The van der Waals surface area contributed by atoms with Crippen LogP contribution in [0.15, 0.2) is 188 Å². The molecule has 328 valence electrons. The van der Waals surface area contributed by atoms with E-state index in [1.165, 1.54) is 127 Å². The molecule has 0 atom stereocenters. The topological polar surface area (TPSA) is 3.24 Å². The molecule has 0 bridgehead atoms. The van der Waals surface area contributed by atoms with Crippen LogP contribution in [0.5, 0.6) is 0 Å². The maximum atomic E-state index is 2.64. The van der Waals surface area contributed by atoms with Gasteiger partial charge in [-0.05, 0) is 151 Å². The highest BCUT2D eigenvalue weighted by atomic mass is 28.3. The van der Waals surface area contributed by atoms with Crippen molar-refractivity contribution in [3.8, 4) is 44.5 Å². The molecule has 1 nitrogen and oxygen atoms in total. The Balaban J connectivity index is 1.04. The first-order chi connectivity index (χ1) is 32.7. The van der Waals surface area contributed by atoms with Crippen LogP contribution >= 0.6 is 0 Å². The van der Waals surface area contributed by atoms with Crippen LogP contribution < -0.4 is 25.6 Å². The zero-order valence-electron chi connectivity index (χ0n) is 40.3. The molecule has 0 amide bonds. The summed E-state index contributed by atoms with van der Waals surface area (Å²) in [6.07, 6.45) is 0. The molecule has 0 N–H and O–H groups in total. The molecule has 0 fully saturated rings. The molecule has 0 saturated heterocycles. The molecule has 3 aliphatic heterocycles. The fourth-order valence-corrected chi connectivity index (χ4v) is 19.5. The van der Waals surface area contributed by atoms with Crippen molar-refractivity contribution in [2.45, 2.75) is 77.0 Å². The van der Waals surface area contributed by atoms with E-state index in [1.54, 1.807) is 0 Å². The van der Waals surface area contributed by atoms with E-state index in [9.17, 15) is 0 Å². The third-order valence-electron chi connectivity index (χ3n) is 17.0. The second-order valence-electron chi connectivity index (χ2n) is 22.8. The van der Waals surface area contributed by atoms with Crippen molar-refractivity contribution in [3.05, 3.63) is 233 Å². The second kappa shape index (κ2) is 13.2. The number of benzene rings is 9. The minimum Gasteiger partial charge on any atom is -0.310 e. The lowest BCUT2D eigenvalue weighted by Gasteiger charge is -2.45. The van der Waals surface area contributed by atoms with Gasteiger partial charge in [-0.15, -0.1) is 0 Å². The van der Waals surface area contributed by atoms with Gasteiger partial charge in [0.2, 0.25) is 0 Å². The van der Waals surface area contributed by atoms with Gasteiger partial charge in [-0.1, -0.05) is 213 Å². The molecule has 2 heteroatoms. The summed E-state index contributed by atoms with van der Waals surface area (Å²) in [4.78, 5) is 2.61. The van der Waals surface area contributed by atoms with E-state index in [-0.39, 0.29) is 16.2 Å². The molecular formula is C66H55NSi. The number of nitrogens with zero attached hydrogens (tertiary/aromatic N) is 1. The summed E-state index contributed by atoms with van der Waals surface area (Å²) in [5.74, 6) is 0. The molecule has 0 radical (unpaired) electrons. The SMILES string of the molecule is CC(C)(C)c1ccc2c(c1)[Si]1(c3ccccc3-c3ccc(N4c5ccccc5C5(c6ccccc6-c6cc7c(cc65)C(C)(C)c5ccccc5-7)c5ccccc54)cc31)c1cc(C(C)(C)C)ccc1-2. The molecule has 9 aromatic carbocycles. The highest BCUT2D eigenvalue weighted by Crippen LogP contribution is 2.65. The standard InChI is InChI=1S/C66H55NSi/c1-63(2,3)40-29-32-46-47-33-30-41(64(4,5)6)36-61(47)68(60(46)35-40)59-28-18-11-21-45(59)48-34-31-42(37-62(48)68)67-57-26-16-14-24-53(57)66(54-25-15-17-27-58(54)67)52-23-13-10-20-44(52)50-38-49-43-19-9-12-22-51(43)65(7,8)55(49)39-56(50)66/h9-39H,1-8H3. The van der Waals surface area contributed by atoms with E-state index in [0.29, 0.717) is 0 Å². The van der Waals surface area contributed by atoms with Crippen LogP contribution in [-0.4, -0.2) is 8.07 Å². The van der Waals surface area contributed by atoms with Gasteiger partial charge in [0.25, 0.3) is 0 Å². The van der Waals surface area contributed by atoms with Crippen molar-refractivity contribution in [1.82, 2.24) is 0 Å². The van der Waals surface area contributed by atoms with E-state index < -0.39 is 13.5 Å². The summed E-state index contributed by atoms with van der Waals surface area (Å²) in [6.45, 7) is 19.0. The van der Waals surface area contributed by atoms with Gasteiger partial charge >= 0.3 is 0 Å². The summed E-state index contributed by atoms with van der Waals surface area (Å²) < 4.78 is 0. The Hall–Kier alpha value is -7.00. The van der Waals surface area contributed by atoms with Crippen molar-refractivity contribution in [3.63, 3.8) is 0 Å². The van der Waals surface area contributed by atoms with Gasteiger partial charge in [-0.2, -0.15) is 0 Å².